The second-order valence-electron chi connectivity index (χ2n) is 6.93. The number of hydrogen-bond acceptors (Lipinski definition) is 5. The minimum atomic E-state index is -1.53. The first-order valence-electron chi connectivity index (χ1n) is 9.72. The van der Waals surface area contributed by atoms with Crippen molar-refractivity contribution < 1.29 is 18.8 Å². The molecule has 0 aliphatic rings. The Morgan fingerprint density at radius 2 is 1.81 bits per heavy atom. The summed E-state index contributed by atoms with van der Waals surface area (Å²) in [5.41, 5.74) is 2.86. The number of carbonyl (C=O) groups is 3. The zero-order valence-electron chi connectivity index (χ0n) is 17.1. The van der Waals surface area contributed by atoms with E-state index in [9.17, 15) is 19.6 Å². The Morgan fingerprint density at radius 1 is 1.06 bits per heavy atom. The average molecular weight is 415 g/mol. The van der Waals surface area contributed by atoms with E-state index >= 15 is 0 Å². The van der Waals surface area contributed by atoms with Gasteiger partial charge in [-0.15, -0.1) is 0 Å². The molecule has 0 saturated carbocycles. The van der Waals surface area contributed by atoms with Crippen molar-refractivity contribution in [1.29, 1.82) is 5.26 Å². The fourth-order valence-electron chi connectivity index (χ4n) is 2.94. The molecule has 2 amide bonds. The first-order valence-corrected chi connectivity index (χ1v) is 9.72. The standard InChI is InChI=1S/C24H21N3O4/c1-3-16-7-10-18(11-8-16)26-23(29)19(14-25)22(28)17-9-6-15(2)20(13-17)27-24(30)21-5-4-12-31-21/h4-13,19H,3H2,1-2H3,(H,26,29)(H,27,30). The third kappa shape index (κ3) is 5.06. The molecule has 0 radical (unpaired) electrons. The second-order valence-corrected chi connectivity index (χ2v) is 6.93. The number of furan rings is 1. The van der Waals surface area contributed by atoms with Gasteiger partial charge in [0.1, 0.15) is 0 Å². The van der Waals surface area contributed by atoms with Gasteiger partial charge in [-0.3, -0.25) is 14.4 Å². The molecule has 7 heteroatoms. The first-order chi connectivity index (χ1) is 14.9. The van der Waals surface area contributed by atoms with E-state index in [1.807, 2.05) is 19.1 Å². The summed E-state index contributed by atoms with van der Waals surface area (Å²) in [6, 6.07) is 16.7. The Kier molecular flexibility index (Phi) is 6.63. The summed E-state index contributed by atoms with van der Waals surface area (Å²) in [6.07, 6.45) is 2.24. The summed E-state index contributed by atoms with van der Waals surface area (Å²) in [4.78, 5) is 37.7. The summed E-state index contributed by atoms with van der Waals surface area (Å²) in [5, 5.41) is 14.8. The molecule has 2 N–H and O–H groups in total. The van der Waals surface area contributed by atoms with Crippen LogP contribution in [-0.4, -0.2) is 17.6 Å². The number of carbonyl (C=O) groups excluding carboxylic acids is 3. The Labute approximate surface area is 179 Å². The molecule has 0 saturated heterocycles. The lowest BCUT2D eigenvalue weighted by atomic mass is 9.96. The lowest BCUT2D eigenvalue weighted by molar-refractivity contribution is -0.117. The molecule has 0 bridgehead atoms. The largest absolute Gasteiger partial charge is 0.459 e. The number of nitriles is 1. The Hall–Kier alpha value is -4.18. The summed E-state index contributed by atoms with van der Waals surface area (Å²) in [7, 11) is 0. The molecule has 156 valence electrons. The molecule has 0 fully saturated rings. The first kappa shape index (κ1) is 21.5. The Bertz CT molecular complexity index is 1140. The number of anilines is 2. The van der Waals surface area contributed by atoms with E-state index in [1.165, 1.54) is 24.5 Å². The van der Waals surface area contributed by atoms with Gasteiger partial charge in [-0.05, 0) is 54.8 Å². The molecule has 0 aliphatic heterocycles. The minimum Gasteiger partial charge on any atom is -0.459 e. The molecule has 0 aliphatic carbocycles. The fourth-order valence-corrected chi connectivity index (χ4v) is 2.94. The molecule has 3 rings (SSSR count). The van der Waals surface area contributed by atoms with E-state index in [4.69, 9.17) is 4.42 Å². The van der Waals surface area contributed by atoms with Gasteiger partial charge in [0, 0.05) is 16.9 Å². The third-order valence-corrected chi connectivity index (χ3v) is 4.80. The molecule has 7 nitrogen and oxygen atoms in total. The van der Waals surface area contributed by atoms with Crippen LogP contribution in [0.25, 0.3) is 0 Å². The van der Waals surface area contributed by atoms with Gasteiger partial charge in [-0.25, -0.2) is 0 Å². The number of nitrogens with one attached hydrogen (secondary N) is 2. The van der Waals surface area contributed by atoms with Crippen molar-refractivity contribution in [3.63, 3.8) is 0 Å². The maximum absolute atomic E-state index is 12.9. The number of benzene rings is 2. The molecular weight excluding hydrogens is 394 g/mol. The molecule has 2 aromatic carbocycles. The predicted octanol–water partition coefficient (Wildman–Crippen LogP) is 4.36. The van der Waals surface area contributed by atoms with Crippen LogP contribution in [0.3, 0.4) is 0 Å². The maximum Gasteiger partial charge on any atom is 0.291 e. The Balaban J connectivity index is 1.77. The number of amides is 2. The van der Waals surface area contributed by atoms with Crippen molar-refractivity contribution in [2.24, 2.45) is 5.92 Å². The van der Waals surface area contributed by atoms with Crippen LogP contribution in [0.1, 0.15) is 39.0 Å². The monoisotopic (exact) mass is 415 g/mol. The predicted molar refractivity (Wildman–Crippen MR) is 116 cm³/mol. The van der Waals surface area contributed by atoms with Gasteiger partial charge >= 0.3 is 0 Å². The zero-order chi connectivity index (χ0) is 22.4. The highest BCUT2D eigenvalue weighted by atomic mass is 16.3. The number of rotatable bonds is 7. The highest BCUT2D eigenvalue weighted by Gasteiger charge is 2.28. The van der Waals surface area contributed by atoms with Crippen molar-refractivity contribution in [3.8, 4) is 6.07 Å². The van der Waals surface area contributed by atoms with Crippen molar-refractivity contribution in [1.82, 2.24) is 0 Å². The molecule has 1 heterocycles. The third-order valence-electron chi connectivity index (χ3n) is 4.80. The van der Waals surface area contributed by atoms with Crippen LogP contribution in [0, 0.1) is 24.2 Å². The van der Waals surface area contributed by atoms with E-state index in [2.05, 4.69) is 10.6 Å². The van der Waals surface area contributed by atoms with Crippen LogP contribution >= 0.6 is 0 Å². The van der Waals surface area contributed by atoms with Crippen LogP contribution in [0.5, 0.6) is 0 Å². The second kappa shape index (κ2) is 9.55. The quantitative estimate of drug-likeness (QED) is 0.440. The lowest BCUT2D eigenvalue weighted by Gasteiger charge is -2.12. The molecular formula is C24H21N3O4. The Morgan fingerprint density at radius 3 is 2.42 bits per heavy atom. The van der Waals surface area contributed by atoms with Gasteiger partial charge in [0.05, 0.1) is 12.3 Å². The van der Waals surface area contributed by atoms with Crippen LogP contribution < -0.4 is 10.6 Å². The van der Waals surface area contributed by atoms with Crippen molar-refractivity contribution >= 4 is 29.0 Å². The number of hydrogen-bond donors (Lipinski definition) is 2. The van der Waals surface area contributed by atoms with E-state index in [0.29, 0.717) is 16.9 Å². The average Bonchev–Trinajstić information content (AvgIpc) is 3.31. The molecule has 3 aromatic rings. The highest BCUT2D eigenvalue weighted by molar-refractivity contribution is 6.16. The molecule has 1 aromatic heterocycles. The number of aryl methyl sites for hydroxylation is 2. The number of Topliss-reactive ketones (excluding diaryl/α,β-unsaturated/α-hetero) is 1. The molecule has 0 spiro atoms. The van der Waals surface area contributed by atoms with Gasteiger partial charge in [0.25, 0.3) is 5.91 Å². The summed E-state index contributed by atoms with van der Waals surface area (Å²) in [6.45, 7) is 3.78. The van der Waals surface area contributed by atoms with Crippen LogP contribution in [0.2, 0.25) is 0 Å². The van der Waals surface area contributed by atoms with Crippen LogP contribution in [-0.2, 0) is 11.2 Å². The maximum atomic E-state index is 12.9. The van der Waals surface area contributed by atoms with E-state index in [0.717, 1.165) is 12.0 Å². The van der Waals surface area contributed by atoms with Gasteiger partial charge in [-0.2, -0.15) is 5.26 Å². The van der Waals surface area contributed by atoms with Gasteiger partial charge in [0.15, 0.2) is 17.5 Å². The lowest BCUT2D eigenvalue weighted by Crippen LogP contribution is -2.28. The minimum absolute atomic E-state index is 0.125. The molecule has 1 atom stereocenters. The zero-order valence-corrected chi connectivity index (χ0v) is 17.1. The topological polar surface area (TPSA) is 112 Å². The summed E-state index contributed by atoms with van der Waals surface area (Å²) >= 11 is 0. The fraction of sp³-hybridized carbons (Fsp3) is 0.167. The highest BCUT2D eigenvalue weighted by Crippen LogP contribution is 2.21. The summed E-state index contributed by atoms with van der Waals surface area (Å²) in [5.74, 6) is -3.23. The van der Waals surface area contributed by atoms with Crippen molar-refractivity contribution in [2.75, 3.05) is 10.6 Å². The van der Waals surface area contributed by atoms with E-state index in [-0.39, 0.29) is 11.3 Å². The van der Waals surface area contributed by atoms with Gasteiger partial charge < -0.3 is 15.1 Å². The van der Waals surface area contributed by atoms with Gasteiger partial charge in [-0.1, -0.05) is 31.2 Å². The van der Waals surface area contributed by atoms with Crippen molar-refractivity contribution in [2.45, 2.75) is 20.3 Å². The number of nitrogens with zero attached hydrogens (tertiary/aromatic N) is 1. The summed E-state index contributed by atoms with van der Waals surface area (Å²) < 4.78 is 5.07. The normalized spacial score (nSPS) is 11.3. The molecule has 1 unspecified atom stereocenters. The van der Waals surface area contributed by atoms with E-state index < -0.39 is 23.5 Å². The smallest absolute Gasteiger partial charge is 0.291 e. The van der Waals surface area contributed by atoms with Crippen LogP contribution in [0.15, 0.2) is 65.3 Å². The van der Waals surface area contributed by atoms with Crippen molar-refractivity contribution in [3.05, 3.63) is 83.3 Å². The van der Waals surface area contributed by atoms with Crippen LogP contribution in [0.4, 0.5) is 11.4 Å². The SMILES string of the molecule is CCc1ccc(NC(=O)C(C#N)C(=O)c2ccc(C)c(NC(=O)c3ccco3)c2)cc1. The van der Waals surface area contributed by atoms with E-state index in [1.54, 1.807) is 37.3 Å². The van der Waals surface area contributed by atoms with Gasteiger partial charge in [0.2, 0.25) is 5.91 Å². The number of ketones is 1. The molecule has 31 heavy (non-hydrogen) atoms.